The molecule has 0 amide bonds. The van der Waals surface area contributed by atoms with Gasteiger partial charge in [0.2, 0.25) is 6.23 Å². The molecule has 3 aromatic rings. The first-order valence-electron chi connectivity index (χ1n) is 11.6. The van der Waals surface area contributed by atoms with Crippen LogP contribution in [-0.2, 0) is 5.41 Å². The van der Waals surface area contributed by atoms with Crippen LogP contribution in [0.4, 0.5) is 0 Å². The molecule has 2 aliphatic heterocycles. The van der Waals surface area contributed by atoms with Crippen molar-refractivity contribution in [1.82, 2.24) is 5.01 Å². The van der Waals surface area contributed by atoms with Crippen LogP contribution in [0.25, 0.3) is 0 Å². The largest absolute Gasteiger partial charge is 0.490 e. The summed E-state index contributed by atoms with van der Waals surface area (Å²) in [6.07, 6.45) is 2.29. The van der Waals surface area contributed by atoms with E-state index in [9.17, 15) is 0 Å². The Hall–Kier alpha value is -3.05. The molecule has 5 heteroatoms. The summed E-state index contributed by atoms with van der Waals surface area (Å²) in [5, 5.41) is 7.21. The van der Waals surface area contributed by atoms with Gasteiger partial charge in [0.25, 0.3) is 0 Å². The van der Waals surface area contributed by atoms with Gasteiger partial charge in [-0.3, -0.25) is 0 Å². The highest BCUT2D eigenvalue weighted by Gasteiger charge is 2.41. The molecule has 34 heavy (non-hydrogen) atoms. The third kappa shape index (κ3) is 4.37. The minimum Gasteiger partial charge on any atom is -0.490 e. The lowest BCUT2D eigenvalue weighted by Crippen LogP contribution is -2.33. The summed E-state index contributed by atoms with van der Waals surface area (Å²) in [5.41, 5.74) is 5.81. The molecule has 5 rings (SSSR count). The van der Waals surface area contributed by atoms with Crippen LogP contribution in [0, 0.1) is 0 Å². The van der Waals surface area contributed by atoms with E-state index in [-0.39, 0.29) is 17.7 Å². The highest BCUT2D eigenvalue weighted by atomic mass is 79.9. The van der Waals surface area contributed by atoms with E-state index in [2.05, 4.69) is 96.8 Å². The summed E-state index contributed by atoms with van der Waals surface area (Å²) in [7, 11) is 0. The van der Waals surface area contributed by atoms with E-state index >= 15 is 0 Å². The van der Waals surface area contributed by atoms with Crippen molar-refractivity contribution in [2.45, 2.75) is 44.9 Å². The summed E-state index contributed by atoms with van der Waals surface area (Å²) in [4.78, 5) is 0. The minimum atomic E-state index is -0.277. The van der Waals surface area contributed by atoms with Crippen LogP contribution in [0.15, 0.2) is 89.0 Å². The Bertz CT molecular complexity index is 1230. The first-order chi connectivity index (χ1) is 16.3. The van der Waals surface area contributed by atoms with Gasteiger partial charge < -0.3 is 9.47 Å². The third-order valence-corrected chi connectivity index (χ3v) is 6.86. The predicted octanol–water partition coefficient (Wildman–Crippen LogP) is 7.55. The normalized spacial score (nSPS) is 19.1. The fourth-order valence-electron chi connectivity index (χ4n) is 4.50. The summed E-state index contributed by atoms with van der Waals surface area (Å²) < 4.78 is 13.2. The van der Waals surface area contributed by atoms with Crippen LogP contribution >= 0.6 is 15.9 Å². The van der Waals surface area contributed by atoms with Gasteiger partial charge in [-0.1, -0.05) is 73.6 Å². The molecule has 174 valence electrons. The Labute approximate surface area is 210 Å². The predicted molar refractivity (Wildman–Crippen MR) is 141 cm³/mol. The van der Waals surface area contributed by atoms with Crippen molar-refractivity contribution in [3.05, 3.63) is 106 Å². The maximum atomic E-state index is 6.53. The highest BCUT2D eigenvalue weighted by molar-refractivity contribution is 9.10. The summed E-state index contributed by atoms with van der Waals surface area (Å²) in [6, 6.07) is 23.2. The maximum absolute atomic E-state index is 6.53. The van der Waals surface area contributed by atoms with Gasteiger partial charge in [-0.15, -0.1) is 0 Å². The number of hydrogen-bond acceptors (Lipinski definition) is 4. The molecule has 0 N–H and O–H groups in total. The molecule has 4 nitrogen and oxygen atoms in total. The van der Waals surface area contributed by atoms with Crippen LogP contribution in [0.3, 0.4) is 0 Å². The Morgan fingerprint density at radius 1 is 1.09 bits per heavy atom. The Morgan fingerprint density at radius 2 is 1.82 bits per heavy atom. The van der Waals surface area contributed by atoms with E-state index in [1.807, 2.05) is 18.2 Å². The lowest BCUT2D eigenvalue weighted by atomic mass is 9.86. The molecule has 3 aromatic carbocycles. The first-order valence-corrected chi connectivity index (χ1v) is 12.4. The molecule has 2 atom stereocenters. The molecule has 0 unspecified atom stereocenters. The molecular weight excluding hydrogens is 488 g/mol. The topological polar surface area (TPSA) is 34.1 Å². The van der Waals surface area contributed by atoms with E-state index < -0.39 is 0 Å². The molecule has 2 heterocycles. The van der Waals surface area contributed by atoms with Gasteiger partial charge in [-0.05, 0) is 59.0 Å². The van der Waals surface area contributed by atoms with Crippen molar-refractivity contribution in [2.75, 3.05) is 6.61 Å². The van der Waals surface area contributed by atoms with Gasteiger partial charge in [-0.25, -0.2) is 5.01 Å². The van der Waals surface area contributed by atoms with Crippen LogP contribution in [0.5, 0.6) is 11.5 Å². The summed E-state index contributed by atoms with van der Waals surface area (Å²) in [5.74, 6) is 1.74. The van der Waals surface area contributed by atoms with Crippen LogP contribution < -0.4 is 9.47 Å². The lowest BCUT2D eigenvalue weighted by Gasteiger charge is -2.38. The summed E-state index contributed by atoms with van der Waals surface area (Å²) in [6.45, 7) is 10.9. The minimum absolute atomic E-state index is 0.105. The molecule has 0 spiro atoms. The number of rotatable bonds is 5. The average Bonchev–Trinajstić information content (AvgIpc) is 3.28. The van der Waals surface area contributed by atoms with Crippen LogP contribution in [-0.4, -0.2) is 17.3 Å². The average molecular weight is 517 g/mol. The molecule has 0 saturated heterocycles. The Kier molecular flexibility index (Phi) is 5.98. The highest BCUT2D eigenvalue weighted by Crippen LogP contribution is 2.48. The van der Waals surface area contributed by atoms with Gasteiger partial charge in [0.05, 0.1) is 11.8 Å². The van der Waals surface area contributed by atoms with Crippen molar-refractivity contribution in [3.63, 3.8) is 0 Å². The zero-order valence-electron chi connectivity index (χ0n) is 19.8. The van der Waals surface area contributed by atoms with E-state index in [1.165, 1.54) is 5.56 Å². The second-order valence-electron chi connectivity index (χ2n) is 9.80. The van der Waals surface area contributed by atoms with E-state index in [0.29, 0.717) is 6.61 Å². The Balaban J connectivity index is 1.50. The quantitative estimate of drug-likeness (QED) is 0.328. The number of fused-ring (bicyclic) bond motifs is 3. The number of benzene rings is 3. The van der Waals surface area contributed by atoms with Crippen molar-refractivity contribution in [3.8, 4) is 11.5 Å². The van der Waals surface area contributed by atoms with Gasteiger partial charge in [0.15, 0.2) is 0 Å². The molecule has 2 aliphatic rings. The fraction of sp³-hybridized carbons (Fsp3) is 0.276. The van der Waals surface area contributed by atoms with Crippen LogP contribution in [0.2, 0.25) is 0 Å². The molecule has 0 radical (unpaired) electrons. The standard InChI is InChI=1S/C29H29BrN2O2/c1-5-16-33-23-13-8-19(9-14-23)25-18-26-24-17-22(30)12-15-27(24)34-28(32(26)31-25)20-6-10-21(11-7-20)29(2,3)4/h5-15,17,26,28H,1,16,18H2,2-4H3/t26-,28-/m1/s1. The zero-order valence-corrected chi connectivity index (χ0v) is 21.4. The Morgan fingerprint density at radius 3 is 2.50 bits per heavy atom. The van der Waals surface area contributed by atoms with Crippen molar-refractivity contribution in [1.29, 1.82) is 0 Å². The number of hydrazone groups is 1. The van der Waals surface area contributed by atoms with Crippen molar-refractivity contribution < 1.29 is 9.47 Å². The van der Waals surface area contributed by atoms with E-state index in [1.54, 1.807) is 6.08 Å². The fourth-order valence-corrected chi connectivity index (χ4v) is 4.88. The van der Waals surface area contributed by atoms with E-state index in [4.69, 9.17) is 14.6 Å². The van der Waals surface area contributed by atoms with Crippen molar-refractivity contribution in [2.24, 2.45) is 5.10 Å². The smallest absolute Gasteiger partial charge is 0.213 e. The van der Waals surface area contributed by atoms with Crippen molar-refractivity contribution >= 4 is 21.6 Å². The van der Waals surface area contributed by atoms with E-state index in [0.717, 1.165) is 44.8 Å². The van der Waals surface area contributed by atoms with Gasteiger partial charge in [0, 0.05) is 22.0 Å². The summed E-state index contributed by atoms with van der Waals surface area (Å²) >= 11 is 3.63. The third-order valence-electron chi connectivity index (χ3n) is 6.37. The number of hydrogen-bond donors (Lipinski definition) is 0. The monoisotopic (exact) mass is 516 g/mol. The zero-order chi connectivity index (χ0) is 23.9. The van der Waals surface area contributed by atoms with Crippen LogP contribution in [0.1, 0.15) is 61.7 Å². The second-order valence-corrected chi connectivity index (χ2v) is 10.7. The van der Waals surface area contributed by atoms with Gasteiger partial charge in [-0.2, -0.15) is 5.10 Å². The SMILES string of the molecule is C=CCOc1ccc(C2=NN3[C@H](C2)c2cc(Br)ccc2O[C@@H]3c2ccc(C(C)(C)C)cc2)cc1. The molecule has 0 aliphatic carbocycles. The molecular formula is C29H29BrN2O2. The molecule has 0 aromatic heterocycles. The van der Waals surface area contributed by atoms with Gasteiger partial charge in [0.1, 0.15) is 18.1 Å². The maximum Gasteiger partial charge on any atom is 0.213 e. The second kappa shape index (κ2) is 8.95. The number of halogens is 1. The number of ether oxygens (including phenoxy) is 2. The molecule has 0 bridgehead atoms. The van der Waals surface area contributed by atoms with Gasteiger partial charge >= 0.3 is 0 Å². The molecule has 0 saturated carbocycles. The molecule has 0 fully saturated rings. The first kappa shape index (κ1) is 22.7. The number of nitrogens with zero attached hydrogens (tertiary/aromatic N) is 2. The lowest BCUT2D eigenvalue weighted by molar-refractivity contribution is -0.0191.